The fraction of sp³-hybridized carbons (Fsp3) is 0.464. The van der Waals surface area contributed by atoms with Crippen LogP contribution in [0, 0.1) is 5.82 Å². The zero-order valence-corrected chi connectivity index (χ0v) is 26.7. The van der Waals surface area contributed by atoms with Crippen molar-refractivity contribution in [1.29, 1.82) is 0 Å². The fourth-order valence-corrected chi connectivity index (χ4v) is 8.16. The van der Waals surface area contributed by atoms with Gasteiger partial charge in [0.2, 0.25) is 5.91 Å². The summed E-state index contributed by atoms with van der Waals surface area (Å²) in [4.78, 5) is 23.6. The van der Waals surface area contributed by atoms with Gasteiger partial charge < -0.3 is 16.0 Å². The summed E-state index contributed by atoms with van der Waals surface area (Å²) in [5.41, 5.74) is 1.24. The van der Waals surface area contributed by atoms with Crippen LogP contribution in [0.1, 0.15) is 20.3 Å². The third kappa shape index (κ3) is 9.71. The first-order valence-electron chi connectivity index (χ1n) is 13.8. The van der Waals surface area contributed by atoms with E-state index in [1.807, 2.05) is 0 Å². The number of aromatic nitrogens is 4. The molecule has 4 rings (SSSR count). The first-order chi connectivity index (χ1) is 19.4. The van der Waals surface area contributed by atoms with Crippen molar-refractivity contribution in [3.63, 3.8) is 0 Å². The maximum absolute atomic E-state index is 14.6. The molecule has 3 heterocycles. The van der Waals surface area contributed by atoms with Crippen molar-refractivity contribution in [2.24, 2.45) is 0 Å². The van der Waals surface area contributed by atoms with Crippen LogP contribution in [0.2, 0.25) is 30.7 Å². The maximum Gasteiger partial charge on any atom is 0.226 e. The lowest BCUT2D eigenvalue weighted by Gasteiger charge is -2.35. The second-order valence-electron chi connectivity index (χ2n) is 11.7. The highest BCUT2D eigenvalue weighted by molar-refractivity contribution is 7.99. The van der Waals surface area contributed by atoms with Gasteiger partial charge in [-0.2, -0.15) is 0 Å². The lowest BCUT2D eigenvalue weighted by Crippen LogP contribution is -2.54. The number of carbonyl (C=O) groups excluding carboxylic acids is 1. The molecule has 2 atom stereocenters. The highest BCUT2D eigenvalue weighted by Gasteiger charge is 2.21. The Labute approximate surface area is 251 Å². The standard InChI is InChI=1S/C28H38ClFN8OSSi/c1-18-15-38(16-19(2)33-18)9-8-27(39)35-26-14-25(31-17-32-26)34-24-13-23(21-12-20(29)6-7-22(21)30)36-37-28(24)40-10-11-41(3,4)5/h6-7,12-14,17-19,33H,8-11,15-16H2,1-5H3,(H2,31,32,34,35,36,39). The number of carbonyl (C=O) groups is 1. The van der Waals surface area contributed by atoms with Crippen LogP contribution in [-0.4, -0.2) is 76.5 Å². The summed E-state index contributed by atoms with van der Waals surface area (Å²) in [6, 6.07) is 9.66. The van der Waals surface area contributed by atoms with Crippen LogP contribution in [-0.2, 0) is 4.79 Å². The van der Waals surface area contributed by atoms with Crippen LogP contribution >= 0.6 is 23.4 Å². The molecule has 2 unspecified atom stereocenters. The molecule has 13 heteroatoms. The molecule has 41 heavy (non-hydrogen) atoms. The average molecular weight is 617 g/mol. The fourth-order valence-electron chi connectivity index (χ4n) is 4.58. The van der Waals surface area contributed by atoms with Crippen LogP contribution in [0.15, 0.2) is 41.7 Å². The van der Waals surface area contributed by atoms with Gasteiger partial charge in [0.05, 0.1) is 11.4 Å². The number of hydrogen-bond donors (Lipinski definition) is 3. The Kier molecular flexibility index (Phi) is 10.7. The zero-order chi connectivity index (χ0) is 29.6. The SMILES string of the molecule is CC1CN(CCC(=O)Nc2cc(Nc3cc(-c4cc(Cl)ccc4F)nnc3SCC[Si](C)(C)C)ncn2)CC(C)N1. The Balaban J connectivity index is 1.48. The van der Waals surface area contributed by atoms with Gasteiger partial charge >= 0.3 is 0 Å². The first kappa shape index (κ1) is 31.3. The molecular weight excluding hydrogens is 579 g/mol. The molecule has 1 saturated heterocycles. The Morgan fingerprint density at radius 3 is 2.59 bits per heavy atom. The third-order valence-corrected chi connectivity index (χ3v) is 9.87. The molecule has 1 fully saturated rings. The lowest BCUT2D eigenvalue weighted by atomic mass is 10.1. The molecule has 3 N–H and O–H groups in total. The number of benzene rings is 1. The third-order valence-electron chi connectivity index (χ3n) is 6.54. The molecule has 0 spiro atoms. The lowest BCUT2D eigenvalue weighted by molar-refractivity contribution is -0.116. The molecule has 220 valence electrons. The molecule has 9 nitrogen and oxygen atoms in total. The summed E-state index contributed by atoms with van der Waals surface area (Å²) in [6.07, 6.45) is 1.76. The Morgan fingerprint density at radius 2 is 1.85 bits per heavy atom. The second-order valence-corrected chi connectivity index (χ2v) is 18.8. The Hall–Kier alpha value is -2.64. The number of piperazine rings is 1. The first-order valence-corrected chi connectivity index (χ1v) is 18.9. The maximum atomic E-state index is 14.6. The number of hydrogen-bond acceptors (Lipinski definition) is 9. The van der Waals surface area contributed by atoms with Crippen LogP contribution in [0.3, 0.4) is 0 Å². The summed E-state index contributed by atoms with van der Waals surface area (Å²) in [5, 5.41) is 19.5. The van der Waals surface area contributed by atoms with Gasteiger partial charge in [0.1, 0.15) is 28.8 Å². The van der Waals surface area contributed by atoms with Gasteiger partial charge in [-0.15, -0.1) is 22.0 Å². The number of amides is 1. The minimum absolute atomic E-state index is 0.111. The predicted octanol–water partition coefficient (Wildman–Crippen LogP) is 5.91. The molecule has 0 saturated carbocycles. The molecule has 0 bridgehead atoms. The van der Waals surface area contributed by atoms with Crippen LogP contribution in [0.25, 0.3) is 11.3 Å². The number of nitrogens with one attached hydrogen (secondary N) is 3. The van der Waals surface area contributed by atoms with E-state index < -0.39 is 13.9 Å². The monoisotopic (exact) mass is 616 g/mol. The average Bonchev–Trinajstić information content (AvgIpc) is 2.89. The molecule has 0 aliphatic carbocycles. The van der Waals surface area contributed by atoms with Crippen molar-refractivity contribution in [2.75, 3.05) is 36.0 Å². The quantitative estimate of drug-likeness (QED) is 0.179. The second kappa shape index (κ2) is 14.0. The molecule has 1 amide bonds. The van der Waals surface area contributed by atoms with E-state index in [4.69, 9.17) is 11.6 Å². The van der Waals surface area contributed by atoms with Gasteiger partial charge in [-0.05, 0) is 49.9 Å². The highest BCUT2D eigenvalue weighted by atomic mass is 35.5. The van der Waals surface area contributed by atoms with Gasteiger partial charge in [-0.3, -0.25) is 9.69 Å². The van der Waals surface area contributed by atoms with Crippen molar-refractivity contribution in [2.45, 2.75) is 63.1 Å². The summed E-state index contributed by atoms with van der Waals surface area (Å²) < 4.78 is 14.6. The van der Waals surface area contributed by atoms with Gasteiger partial charge in [0.25, 0.3) is 0 Å². The smallest absolute Gasteiger partial charge is 0.226 e. The zero-order valence-electron chi connectivity index (χ0n) is 24.2. The number of nitrogens with zero attached hydrogens (tertiary/aromatic N) is 5. The van der Waals surface area contributed by atoms with Gasteiger partial charge in [0, 0.05) is 62.9 Å². The van der Waals surface area contributed by atoms with Crippen LogP contribution < -0.4 is 16.0 Å². The van der Waals surface area contributed by atoms with Crippen molar-refractivity contribution >= 4 is 54.7 Å². The van der Waals surface area contributed by atoms with Crippen LogP contribution in [0.4, 0.5) is 21.7 Å². The molecule has 2 aromatic heterocycles. The van der Waals surface area contributed by atoms with E-state index in [0.717, 1.165) is 24.9 Å². The molecule has 0 radical (unpaired) electrons. The van der Waals surface area contributed by atoms with E-state index in [2.05, 4.69) is 74.5 Å². The minimum atomic E-state index is -1.25. The number of thioether (sulfide) groups is 1. The summed E-state index contributed by atoms with van der Waals surface area (Å²) in [5.74, 6) is 1.20. The number of rotatable bonds is 11. The van der Waals surface area contributed by atoms with Crippen LogP contribution in [0.5, 0.6) is 0 Å². The van der Waals surface area contributed by atoms with Gasteiger partial charge in [0.15, 0.2) is 0 Å². The minimum Gasteiger partial charge on any atom is -0.338 e. The van der Waals surface area contributed by atoms with E-state index in [1.165, 1.54) is 24.5 Å². The molecule has 3 aromatic rings. The van der Waals surface area contributed by atoms with Gasteiger partial charge in [-0.1, -0.05) is 31.2 Å². The number of halogens is 2. The van der Waals surface area contributed by atoms with E-state index in [0.29, 0.717) is 58.1 Å². The summed E-state index contributed by atoms with van der Waals surface area (Å²) >= 11 is 7.73. The van der Waals surface area contributed by atoms with E-state index >= 15 is 0 Å². The van der Waals surface area contributed by atoms with E-state index in [1.54, 1.807) is 23.9 Å². The van der Waals surface area contributed by atoms with Crippen molar-refractivity contribution < 1.29 is 9.18 Å². The largest absolute Gasteiger partial charge is 0.338 e. The molecule has 1 aliphatic rings. The summed E-state index contributed by atoms with van der Waals surface area (Å²) in [6.45, 7) is 13.8. The highest BCUT2D eigenvalue weighted by Crippen LogP contribution is 2.33. The Morgan fingerprint density at radius 1 is 1.12 bits per heavy atom. The molecule has 1 aliphatic heterocycles. The molecular formula is C28H38ClFN8OSSi. The van der Waals surface area contributed by atoms with E-state index in [-0.39, 0.29) is 11.5 Å². The van der Waals surface area contributed by atoms with Crippen molar-refractivity contribution in [3.8, 4) is 11.3 Å². The topological polar surface area (TPSA) is 108 Å². The van der Waals surface area contributed by atoms with Crippen molar-refractivity contribution in [3.05, 3.63) is 47.5 Å². The number of anilines is 3. The predicted molar refractivity (Wildman–Crippen MR) is 168 cm³/mol. The van der Waals surface area contributed by atoms with Gasteiger partial charge in [-0.25, -0.2) is 14.4 Å². The Bertz CT molecular complexity index is 1350. The van der Waals surface area contributed by atoms with E-state index in [9.17, 15) is 9.18 Å². The summed E-state index contributed by atoms with van der Waals surface area (Å²) in [7, 11) is -1.25. The normalized spacial score (nSPS) is 17.8. The molecule has 1 aromatic carbocycles. The van der Waals surface area contributed by atoms with Crippen molar-refractivity contribution in [1.82, 2.24) is 30.4 Å².